The van der Waals surface area contributed by atoms with Crippen molar-refractivity contribution in [3.63, 3.8) is 0 Å². The molecule has 2 fully saturated rings. The van der Waals surface area contributed by atoms with E-state index >= 15 is 0 Å². The minimum absolute atomic E-state index is 0.0242. The van der Waals surface area contributed by atoms with Crippen molar-refractivity contribution >= 4 is 23.9 Å². The van der Waals surface area contributed by atoms with E-state index in [0.29, 0.717) is 31.1 Å². The zero-order valence-electron chi connectivity index (χ0n) is 28.6. The summed E-state index contributed by atoms with van der Waals surface area (Å²) in [6.45, 7) is 8.47. The molecule has 2 aliphatic rings. The largest absolute Gasteiger partial charge is 0.457 e. The van der Waals surface area contributed by atoms with Gasteiger partial charge in [-0.1, -0.05) is 53.4 Å². The van der Waals surface area contributed by atoms with Crippen LogP contribution in [0, 0.1) is 11.8 Å². The Hall–Kier alpha value is -2.44. The van der Waals surface area contributed by atoms with E-state index < -0.39 is 98.2 Å². The van der Waals surface area contributed by atoms with E-state index in [2.05, 4.69) is 13.8 Å². The number of carbonyl (C=O) groups is 4. The summed E-state index contributed by atoms with van der Waals surface area (Å²) < 4.78 is 38.0. The lowest BCUT2D eigenvalue weighted by atomic mass is 9.98. The van der Waals surface area contributed by atoms with Gasteiger partial charge < -0.3 is 58.7 Å². The predicted octanol–water partition coefficient (Wildman–Crippen LogP) is 0.599. The molecular formula is C32H54O16. The molecule has 0 bridgehead atoms. The van der Waals surface area contributed by atoms with Gasteiger partial charge in [0.1, 0.15) is 24.4 Å². The molecule has 0 amide bonds. The number of hydrogen-bond acceptors (Lipinski definition) is 16. The van der Waals surface area contributed by atoms with Crippen LogP contribution in [-0.2, 0) is 52.3 Å². The summed E-state index contributed by atoms with van der Waals surface area (Å²) in [5.41, 5.74) is 0. The monoisotopic (exact) mass is 694 g/mol. The highest BCUT2D eigenvalue weighted by Gasteiger charge is 2.65. The SMILES string of the molecule is CC(=O)OC(O[C@H]1O[C@H](CO)[C@@H](OC(=O)CCCCC(C)C)[C@H](O)[C@H]1O)[C@@]1(O)O[C@H](CO)[C@@H](OC(C)=O)[C@@H]1OC(=O)CCCCC(C)C. The smallest absolute Gasteiger partial charge is 0.306 e. The van der Waals surface area contributed by atoms with E-state index in [4.69, 9.17) is 33.2 Å². The van der Waals surface area contributed by atoms with Crippen LogP contribution in [0.4, 0.5) is 0 Å². The van der Waals surface area contributed by atoms with Crippen molar-refractivity contribution in [2.24, 2.45) is 11.8 Å². The molecule has 2 saturated heterocycles. The Labute approximate surface area is 280 Å². The third kappa shape index (κ3) is 12.2. The van der Waals surface area contributed by atoms with Crippen molar-refractivity contribution in [1.29, 1.82) is 0 Å². The molecule has 2 aliphatic heterocycles. The molecule has 0 spiro atoms. The number of rotatable bonds is 19. The molecule has 278 valence electrons. The van der Waals surface area contributed by atoms with E-state index in [1.165, 1.54) is 0 Å². The van der Waals surface area contributed by atoms with Gasteiger partial charge in [0.25, 0.3) is 12.1 Å². The Kier molecular flexibility index (Phi) is 17.1. The van der Waals surface area contributed by atoms with Crippen LogP contribution in [0.3, 0.4) is 0 Å². The first-order chi connectivity index (χ1) is 22.5. The molecule has 2 heterocycles. The Morgan fingerprint density at radius 3 is 1.75 bits per heavy atom. The lowest BCUT2D eigenvalue weighted by Crippen LogP contribution is -2.64. The van der Waals surface area contributed by atoms with Crippen LogP contribution in [0.1, 0.15) is 92.9 Å². The second-order valence-corrected chi connectivity index (χ2v) is 13.1. The van der Waals surface area contributed by atoms with Crippen LogP contribution in [0.25, 0.3) is 0 Å². The molecule has 0 saturated carbocycles. The normalized spacial score (nSPS) is 31.0. The maximum Gasteiger partial charge on any atom is 0.306 e. The maximum absolute atomic E-state index is 12.9. The van der Waals surface area contributed by atoms with Gasteiger partial charge in [-0.15, -0.1) is 0 Å². The van der Waals surface area contributed by atoms with Gasteiger partial charge in [0.05, 0.1) is 13.2 Å². The standard InChI is InChI=1S/C32H54O16/c1-17(2)11-7-9-13-23(37)45-27-21(15-33)44-30(26(40)25(27)39)47-31(43-20(6)36)32(41)29(28(42-19(5)35)22(16-34)48-32)46-24(38)14-10-8-12-18(3)4/h17-18,21-22,25-31,33-34,39-41H,7-16H2,1-6H3/t21-,22-,25-,26-,27-,28-,29+,30-,31?,32+/m1/s1. The van der Waals surface area contributed by atoms with E-state index in [1.807, 2.05) is 13.8 Å². The first-order valence-electron chi connectivity index (χ1n) is 16.6. The molecule has 10 atom stereocenters. The molecule has 0 aliphatic carbocycles. The number of carbonyl (C=O) groups excluding carboxylic acids is 4. The van der Waals surface area contributed by atoms with Crippen LogP contribution in [-0.4, -0.2) is 124 Å². The van der Waals surface area contributed by atoms with Gasteiger partial charge in [-0.2, -0.15) is 0 Å². The third-order valence-corrected chi connectivity index (χ3v) is 7.93. The summed E-state index contributed by atoms with van der Waals surface area (Å²) in [4.78, 5) is 49.5. The summed E-state index contributed by atoms with van der Waals surface area (Å²) in [6, 6.07) is 0. The van der Waals surface area contributed by atoms with E-state index in [1.54, 1.807) is 0 Å². The molecule has 48 heavy (non-hydrogen) atoms. The third-order valence-electron chi connectivity index (χ3n) is 7.93. The van der Waals surface area contributed by atoms with E-state index in [-0.39, 0.29) is 12.8 Å². The lowest BCUT2D eigenvalue weighted by molar-refractivity contribution is -0.395. The second-order valence-electron chi connectivity index (χ2n) is 13.1. The first kappa shape index (κ1) is 41.7. The van der Waals surface area contributed by atoms with Gasteiger partial charge in [-0.25, -0.2) is 0 Å². The Balaban J connectivity index is 2.31. The first-order valence-corrected chi connectivity index (χ1v) is 16.6. The zero-order chi connectivity index (χ0) is 36.2. The Morgan fingerprint density at radius 2 is 1.27 bits per heavy atom. The number of hydrogen-bond donors (Lipinski definition) is 5. The molecule has 0 aromatic rings. The number of aliphatic hydroxyl groups is 5. The zero-order valence-corrected chi connectivity index (χ0v) is 28.6. The van der Waals surface area contributed by atoms with Crippen LogP contribution in [0.15, 0.2) is 0 Å². The number of ether oxygens (including phenoxy) is 7. The van der Waals surface area contributed by atoms with Gasteiger partial charge in [-0.05, 0) is 24.7 Å². The molecule has 0 aromatic carbocycles. The fraction of sp³-hybridized carbons (Fsp3) is 0.875. The molecular weight excluding hydrogens is 640 g/mol. The van der Waals surface area contributed by atoms with E-state index in [0.717, 1.165) is 33.1 Å². The van der Waals surface area contributed by atoms with Crippen molar-refractivity contribution < 1.29 is 77.9 Å². The van der Waals surface area contributed by atoms with Gasteiger partial charge in [0.2, 0.25) is 6.10 Å². The number of esters is 4. The highest BCUT2D eigenvalue weighted by Crippen LogP contribution is 2.39. The molecule has 1 unspecified atom stereocenters. The summed E-state index contributed by atoms with van der Waals surface area (Å²) in [6.07, 6.45) is -12.0. The summed E-state index contributed by atoms with van der Waals surface area (Å²) in [5, 5.41) is 53.7. The highest BCUT2D eigenvalue weighted by molar-refractivity contribution is 5.70. The quantitative estimate of drug-likeness (QED) is 0.0539. The van der Waals surface area contributed by atoms with Crippen LogP contribution < -0.4 is 0 Å². The van der Waals surface area contributed by atoms with Gasteiger partial charge in [0.15, 0.2) is 18.5 Å². The van der Waals surface area contributed by atoms with Crippen molar-refractivity contribution in [2.45, 2.75) is 154 Å². The Morgan fingerprint density at radius 1 is 0.729 bits per heavy atom. The minimum atomic E-state index is -2.96. The molecule has 2 rings (SSSR count). The number of unbranched alkanes of at least 4 members (excludes halogenated alkanes) is 2. The molecule has 0 radical (unpaired) electrons. The van der Waals surface area contributed by atoms with Gasteiger partial charge in [0, 0.05) is 26.7 Å². The van der Waals surface area contributed by atoms with Crippen molar-refractivity contribution in [3.8, 4) is 0 Å². The van der Waals surface area contributed by atoms with Crippen molar-refractivity contribution in [3.05, 3.63) is 0 Å². The van der Waals surface area contributed by atoms with Crippen LogP contribution in [0.5, 0.6) is 0 Å². The average Bonchev–Trinajstić information content (AvgIpc) is 3.26. The second kappa shape index (κ2) is 19.7. The predicted molar refractivity (Wildman–Crippen MR) is 163 cm³/mol. The summed E-state index contributed by atoms with van der Waals surface area (Å²) in [5.74, 6) is -5.57. The molecule has 16 heteroatoms. The summed E-state index contributed by atoms with van der Waals surface area (Å²) >= 11 is 0. The Bertz CT molecular complexity index is 1030. The topological polar surface area (TPSA) is 234 Å². The van der Waals surface area contributed by atoms with Crippen LogP contribution >= 0.6 is 0 Å². The highest BCUT2D eigenvalue weighted by atomic mass is 16.8. The minimum Gasteiger partial charge on any atom is -0.457 e. The van der Waals surface area contributed by atoms with Gasteiger partial charge >= 0.3 is 23.9 Å². The lowest BCUT2D eigenvalue weighted by Gasteiger charge is -2.43. The molecule has 0 aromatic heterocycles. The van der Waals surface area contributed by atoms with Crippen molar-refractivity contribution in [2.75, 3.05) is 13.2 Å². The maximum atomic E-state index is 12.9. The van der Waals surface area contributed by atoms with E-state index in [9.17, 15) is 44.7 Å². The molecule has 5 N–H and O–H groups in total. The van der Waals surface area contributed by atoms with Crippen molar-refractivity contribution in [1.82, 2.24) is 0 Å². The fourth-order valence-corrected chi connectivity index (χ4v) is 5.47. The van der Waals surface area contributed by atoms with Crippen LogP contribution in [0.2, 0.25) is 0 Å². The fourth-order valence-electron chi connectivity index (χ4n) is 5.47. The number of aliphatic hydroxyl groups excluding tert-OH is 4. The van der Waals surface area contributed by atoms with Gasteiger partial charge in [-0.3, -0.25) is 19.2 Å². The molecule has 16 nitrogen and oxygen atoms in total. The average molecular weight is 695 g/mol. The summed E-state index contributed by atoms with van der Waals surface area (Å²) in [7, 11) is 0.